The number of unbranched alkanes of at least 4 members (excludes halogenated alkanes) is 2. The molecule has 3 aliphatic carbocycles. The molecule has 0 spiro atoms. The van der Waals surface area contributed by atoms with E-state index in [0.29, 0.717) is 5.92 Å². The van der Waals surface area contributed by atoms with Crippen LogP contribution in [0.15, 0.2) is 12.1 Å². The van der Waals surface area contributed by atoms with Gasteiger partial charge in [-0.05, 0) is 105 Å². The van der Waals surface area contributed by atoms with Crippen molar-refractivity contribution in [2.45, 2.75) is 103 Å². The van der Waals surface area contributed by atoms with Crippen LogP contribution in [0.5, 0.6) is 0 Å². The van der Waals surface area contributed by atoms with Gasteiger partial charge < -0.3 is 0 Å². The Hall–Kier alpha value is -1.43. The lowest BCUT2D eigenvalue weighted by molar-refractivity contribution is 0.0710. The fraction of sp³-hybridized carbons (Fsp3) is 0.750. The molecule has 4 rings (SSSR count). The third kappa shape index (κ3) is 5.32. The van der Waals surface area contributed by atoms with Crippen molar-refractivity contribution in [3.8, 4) is 6.07 Å². The molecular weight excluding hydrogens is 388 g/mol. The van der Waals surface area contributed by atoms with Crippen LogP contribution >= 0.6 is 0 Å². The summed E-state index contributed by atoms with van der Waals surface area (Å²) in [5.41, 5.74) is 0.314. The van der Waals surface area contributed by atoms with E-state index < -0.39 is 17.2 Å². The predicted molar refractivity (Wildman–Crippen MR) is 122 cm³/mol. The Labute approximate surface area is 187 Å². The van der Waals surface area contributed by atoms with Gasteiger partial charge in [0, 0.05) is 0 Å². The van der Waals surface area contributed by atoms with E-state index in [1.807, 2.05) is 0 Å². The Morgan fingerprint density at radius 3 is 2.03 bits per heavy atom. The first kappa shape index (κ1) is 22.8. The number of nitrogens with zero attached hydrogens (tertiary/aromatic N) is 1. The van der Waals surface area contributed by atoms with Gasteiger partial charge in [-0.15, -0.1) is 0 Å². The largest absolute Gasteiger partial charge is 0.205 e. The minimum absolute atomic E-state index is 0.244. The fourth-order valence-corrected chi connectivity index (χ4v) is 7.22. The summed E-state index contributed by atoms with van der Waals surface area (Å²) in [6.07, 6.45) is 18.7. The molecule has 1 aromatic rings. The molecule has 0 amide bonds. The molecule has 4 atom stereocenters. The molecule has 0 N–H and O–H groups in total. The second kappa shape index (κ2) is 10.5. The van der Waals surface area contributed by atoms with Gasteiger partial charge in [0.05, 0.1) is 0 Å². The van der Waals surface area contributed by atoms with Gasteiger partial charge in [0.2, 0.25) is 0 Å². The van der Waals surface area contributed by atoms with E-state index >= 15 is 0 Å². The predicted octanol–water partition coefficient (Wildman–Crippen LogP) is 8.52. The van der Waals surface area contributed by atoms with E-state index in [1.54, 1.807) is 6.07 Å². The number of hydrogen-bond acceptors (Lipinski definition) is 1. The van der Waals surface area contributed by atoms with E-state index in [-0.39, 0.29) is 5.92 Å². The molecule has 0 aromatic heterocycles. The van der Waals surface area contributed by atoms with Crippen molar-refractivity contribution in [3.05, 3.63) is 34.9 Å². The molecule has 3 heteroatoms. The second-order valence-corrected chi connectivity index (χ2v) is 10.9. The van der Waals surface area contributed by atoms with E-state index in [2.05, 4.69) is 6.92 Å². The minimum atomic E-state index is -0.700. The normalized spacial score (nSPS) is 33.5. The maximum Gasteiger partial charge on any atom is 0.144 e. The van der Waals surface area contributed by atoms with Crippen molar-refractivity contribution < 1.29 is 8.78 Å². The van der Waals surface area contributed by atoms with Gasteiger partial charge in [-0.25, -0.2) is 8.78 Å². The molecule has 3 fully saturated rings. The Morgan fingerprint density at radius 2 is 1.39 bits per heavy atom. The zero-order valence-electron chi connectivity index (χ0n) is 19.2. The molecule has 31 heavy (non-hydrogen) atoms. The monoisotopic (exact) mass is 427 g/mol. The molecule has 0 heterocycles. The van der Waals surface area contributed by atoms with Crippen LogP contribution < -0.4 is 0 Å². The van der Waals surface area contributed by atoms with Crippen molar-refractivity contribution in [2.24, 2.45) is 29.6 Å². The highest BCUT2D eigenvalue weighted by molar-refractivity contribution is 5.36. The first-order valence-electron chi connectivity index (χ1n) is 13.0. The number of nitriles is 1. The van der Waals surface area contributed by atoms with Crippen LogP contribution in [0.1, 0.15) is 114 Å². The third-order valence-electron chi connectivity index (χ3n) is 9.08. The van der Waals surface area contributed by atoms with Crippen LogP contribution in [0.2, 0.25) is 0 Å². The van der Waals surface area contributed by atoms with Crippen molar-refractivity contribution in [2.75, 3.05) is 0 Å². The van der Waals surface area contributed by atoms with Crippen molar-refractivity contribution in [3.63, 3.8) is 0 Å². The molecule has 1 aromatic carbocycles. The van der Waals surface area contributed by atoms with E-state index in [9.17, 15) is 8.78 Å². The summed E-state index contributed by atoms with van der Waals surface area (Å²) in [6.45, 7) is 2.29. The SMILES string of the molecule is CCCCCC1CCC(C2CCC3CC(c4cc(F)c(C#N)c(F)c4)CCC3C2)CC1. The molecule has 1 nitrogen and oxygen atoms in total. The first-order chi connectivity index (χ1) is 15.1. The van der Waals surface area contributed by atoms with Gasteiger partial charge in [0.25, 0.3) is 0 Å². The molecule has 0 bridgehead atoms. The molecular formula is C28H39F2N. The highest BCUT2D eigenvalue weighted by Crippen LogP contribution is 2.51. The summed E-state index contributed by atoms with van der Waals surface area (Å²) < 4.78 is 28.2. The maximum atomic E-state index is 14.1. The average molecular weight is 428 g/mol. The van der Waals surface area contributed by atoms with Gasteiger partial charge in [-0.3, -0.25) is 0 Å². The quantitative estimate of drug-likeness (QED) is 0.417. The Morgan fingerprint density at radius 1 is 0.806 bits per heavy atom. The summed E-state index contributed by atoms with van der Waals surface area (Å²) in [5, 5.41) is 8.92. The Balaban J connectivity index is 1.28. The molecule has 3 saturated carbocycles. The van der Waals surface area contributed by atoms with E-state index in [4.69, 9.17) is 5.26 Å². The van der Waals surface area contributed by atoms with Gasteiger partial charge >= 0.3 is 0 Å². The highest BCUT2D eigenvalue weighted by Gasteiger charge is 2.39. The van der Waals surface area contributed by atoms with Crippen LogP contribution in [-0.4, -0.2) is 0 Å². The van der Waals surface area contributed by atoms with Crippen LogP contribution in [0.3, 0.4) is 0 Å². The summed E-state index contributed by atoms with van der Waals surface area (Å²) in [6, 6.07) is 4.47. The minimum Gasteiger partial charge on any atom is -0.205 e. The summed E-state index contributed by atoms with van der Waals surface area (Å²) in [4.78, 5) is 0. The number of hydrogen-bond donors (Lipinski definition) is 0. The number of fused-ring (bicyclic) bond motifs is 1. The van der Waals surface area contributed by atoms with Crippen molar-refractivity contribution in [1.82, 2.24) is 0 Å². The summed E-state index contributed by atoms with van der Waals surface area (Å²) >= 11 is 0. The molecule has 4 unspecified atom stereocenters. The Bertz CT molecular complexity index is 751. The van der Waals surface area contributed by atoms with E-state index in [0.717, 1.165) is 42.1 Å². The Kier molecular flexibility index (Phi) is 7.68. The fourth-order valence-electron chi connectivity index (χ4n) is 7.22. The zero-order valence-corrected chi connectivity index (χ0v) is 19.2. The lowest BCUT2D eigenvalue weighted by Crippen LogP contribution is -2.34. The van der Waals surface area contributed by atoms with Crippen LogP contribution in [0.4, 0.5) is 8.78 Å². The lowest BCUT2D eigenvalue weighted by atomic mass is 9.60. The molecule has 170 valence electrons. The zero-order chi connectivity index (χ0) is 21.8. The van der Waals surface area contributed by atoms with Gasteiger partial charge in [0.15, 0.2) is 0 Å². The van der Waals surface area contributed by atoms with Crippen LogP contribution in [-0.2, 0) is 0 Å². The van der Waals surface area contributed by atoms with E-state index in [1.165, 1.54) is 89.2 Å². The van der Waals surface area contributed by atoms with Crippen LogP contribution in [0.25, 0.3) is 0 Å². The van der Waals surface area contributed by atoms with Gasteiger partial charge in [-0.1, -0.05) is 45.4 Å². The number of benzene rings is 1. The standard InChI is InChI=1S/C28H39F2N/c1-2-3-4-5-19-6-8-20(9-7-19)21-10-11-23-15-24(13-12-22(23)14-21)25-16-27(29)26(18-31)28(30)17-25/h16-17,19-24H,2-15H2,1H3. The molecule has 0 aliphatic heterocycles. The van der Waals surface area contributed by atoms with Gasteiger partial charge in [0.1, 0.15) is 23.3 Å². The molecule has 0 saturated heterocycles. The maximum absolute atomic E-state index is 14.1. The smallest absolute Gasteiger partial charge is 0.144 e. The third-order valence-corrected chi connectivity index (χ3v) is 9.08. The topological polar surface area (TPSA) is 23.8 Å². The van der Waals surface area contributed by atoms with Crippen molar-refractivity contribution in [1.29, 1.82) is 5.26 Å². The highest BCUT2D eigenvalue weighted by atomic mass is 19.1. The van der Waals surface area contributed by atoms with Crippen LogP contribution in [0, 0.1) is 52.6 Å². The summed E-state index contributed by atoms with van der Waals surface area (Å²) in [5.74, 6) is 3.22. The average Bonchev–Trinajstić information content (AvgIpc) is 2.79. The number of halogens is 2. The van der Waals surface area contributed by atoms with Crippen molar-refractivity contribution >= 4 is 0 Å². The second-order valence-electron chi connectivity index (χ2n) is 10.9. The molecule has 0 radical (unpaired) electrons. The van der Waals surface area contributed by atoms with Gasteiger partial charge in [-0.2, -0.15) is 5.26 Å². The number of rotatable bonds is 6. The summed E-state index contributed by atoms with van der Waals surface area (Å²) in [7, 11) is 0. The first-order valence-corrected chi connectivity index (χ1v) is 13.0. The lowest BCUT2D eigenvalue weighted by Gasteiger charge is -2.45. The molecule has 3 aliphatic rings.